The van der Waals surface area contributed by atoms with Crippen molar-refractivity contribution in [1.82, 2.24) is 35.3 Å². The third-order valence-corrected chi connectivity index (χ3v) is 10.8. The number of aromatic nitrogens is 2. The van der Waals surface area contributed by atoms with Gasteiger partial charge in [0.1, 0.15) is 30.2 Å². The summed E-state index contributed by atoms with van der Waals surface area (Å²) in [4.78, 5) is 58.2. The molecule has 4 heterocycles. The lowest BCUT2D eigenvalue weighted by Crippen LogP contribution is -2.52. The van der Waals surface area contributed by atoms with Crippen LogP contribution < -0.4 is 16.0 Å². The number of nitrogens with zero attached hydrogens (tertiary/aromatic N) is 4. The minimum Gasteiger partial charge on any atom is -0.447 e. The van der Waals surface area contributed by atoms with E-state index in [9.17, 15) is 23.6 Å². The largest absolute Gasteiger partial charge is 0.447 e. The Hall–Kier alpha value is -5.22. The Morgan fingerprint density at radius 1 is 1.02 bits per heavy atom. The number of halogens is 3. The number of unbranched alkanes of at least 4 members (excludes halogenated alkanes) is 3. The molecule has 13 nitrogen and oxygen atoms in total. The van der Waals surface area contributed by atoms with Crippen molar-refractivity contribution in [2.45, 2.75) is 70.2 Å². The summed E-state index contributed by atoms with van der Waals surface area (Å²) in [6.07, 6.45) is 6.39. The van der Waals surface area contributed by atoms with E-state index in [-0.39, 0.29) is 48.7 Å². The molecule has 58 heavy (non-hydrogen) atoms. The van der Waals surface area contributed by atoms with Crippen LogP contribution in [-0.4, -0.2) is 108 Å². The molecule has 4 atom stereocenters. The third-order valence-electron chi connectivity index (χ3n) is 10.8. The molecular weight excluding hydrogens is 755 g/mol. The normalized spacial score (nSPS) is 19.3. The van der Waals surface area contributed by atoms with Gasteiger partial charge in [0.2, 0.25) is 0 Å². The van der Waals surface area contributed by atoms with E-state index >= 15 is 8.78 Å². The smallest absolute Gasteiger partial charge is 0.407 e. The zero-order chi connectivity index (χ0) is 41.0. The number of hydrogen-bond acceptors (Lipinski definition) is 8. The summed E-state index contributed by atoms with van der Waals surface area (Å²) in [5, 5.41) is 8.75. The van der Waals surface area contributed by atoms with Crippen LogP contribution in [0.2, 0.25) is 0 Å². The summed E-state index contributed by atoms with van der Waals surface area (Å²) >= 11 is 0. The van der Waals surface area contributed by atoms with E-state index in [1.807, 2.05) is 34.9 Å². The average Bonchev–Trinajstić information content (AvgIpc) is 3.92. The van der Waals surface area contributed by atoms with Gasteiger partial charge in [0.25, 0.3) is 11.8 Å². The molecule has 0 saturated carbocycles. The number of carbonyl (C=O) groups is 4. The van der Waals surface area contributed by atoms with Gasteiger partial charge in [-0.3, -0.25) is 14.5 Å². The maximum atomic E-state index is 15.3. The van der Waals surface area contributed by atoms with Crippen LogP contribution in [0.15, 0.2) is 66.9 Å². The predicted octanol–water partition coefficient (Wildman–Crippen LogP) is 5.51. The monoisotopic (exact) mass is 807 g/mol. The highest BCUT2D eigenvalue weighted by Gasteiger charge is 2.40. The van der Waals surface area contributed by atoms with E-state index < -0.39 is 47.9 Å². The van der Waals surface area contributed by atoms with Crippen LogP contribution in [0.1, 0.15) is 62.9 Å². The van der Waals surface area contributed by atoms with Gasteiger partial charge in [-0.2, -0.15) is 0 Å². The standard InChI is InChI=1S/C42H52F3N7O6/c1-28(27-58-42(56)47-17-7-2-3-8-18-51-37(53)13-14-38(51)54)48-41(55)52(25-31-22-46-23-35(31)45)39(30-15-19-57-20-16-30)40-49-36(33-21-32(43)11-12-34(33)44)26-50(40)24-29-9-5-4-6-10-29/h4-6,9-14,21,26,28,30-31,35,39,46H,2-3,7-8,15-20,22-25,27H2,1H3,(H,47,56)(H,48,55). The molecule has 0 aliphatic carbocycles. The molecule has 3 aromatic rings. The highest BCUT2D eigenvalue weighted by Crippen LogP contribution is 2.38. The summed E-state index contributed by atoms with van der Waals surface area (Å²) in [5.74, 6) is -2.11. The van der Waals surface area contributed by atoms with Gasteiger partial charge in [0, 0.05) is 82.3 Å². The van der Waals surface area contributed by atoms with Crippen molar-refractivity contribution < 1.29 is 41.8 Å². The highest BCUT2D eigenvalue weighted by molar-refractivity contribution is 6.12. The van der Waals surface area contributed by atoms with Crippen LogP contribution >= 0.6 is 0 Å². The first-order valence-corrected chi connectivity index (χ1v) is 20.1. The van der Waals surface area contributed by atoms with Gasteiger partial charge in [-0.1, -0.05) is 43.2 Å². The number of rotatable bonds is 18. The van der Waals surface area contributed by atoms with E-state index in [1.54, 1.807) is 18.0 Å². The number of alkyl halides is 1. The maximum Gasteiger partial charge on any atom is 0.407 e. The second-order valence-corrected chi connectivity index (χ2v) is 15.2. The number of alkyl carbamates (subject to hydrolysis) is 1. The molecule has 1 aromatic heterocycles. The SMILES string of the molecule is CC(COC(=O)NCCCCCCN1C(=O)C=CC1=O)NC(=O)N(CC1CNCC1F)C(c1nc(-c2cc(F)ccc2F)cn1Cc1ccccc1)C1CCOCC1. The van der Waals surface area contributed by atoms with E-state index in [0.29, 0.717) is 70.9 Å². The van der Waals surface area contributed by atoms with E-state index in [0.717, 1.165) is 36.6 Å². The van der Waals surface area contributed by atoms with Crippen molar-refractivity contribution in [3.05, 3.63) is 89.9 Å². The highest BCUT2D eigenvalue weighted by atomic mass is 19.1. The molecule has 312 valence electrons. The van der Waals surface area contributed by atoms with Crippen molar-refractivity contribution in [3.8, 4) is 11.3 Å². The topological polar surface area (TPSA) is 147 Å². The number of urea groups is 1. The van der Waals surface area contributed by atoms with Crippen molar-refractivity contribution in [3.63, 3.8) is 0 Å². The molecule has 0 radical (unpaired) electrons. The van der Waals surface area contributed by atoms with Crippen molar-refractivity contribution in [2.24, 2.45) is 11.8 Å². The van der Waals surface area contributed by atoms with Gasteiger partial charge in [0.05, 0.1) is 17.8 Å². The zero-order valence-electron chi connectivity index (χ0n) is 32.7. The molecule has 3 N–H and O–H groups in total. The molecule has 0 bridgehead atoms. The van der Waals surface area contributed by atoms with Crippen molar-refractivity contribution in [2.75, 3.05) is 52.5 Å². The lowest BCUT2D eigenvalue weighted by atomic mass is 9.89. The number of hydrogen-bond donors (Lipinski definition) is 3. The van der Waals surface area contributed by atoms with E-state index in [2.05, 4.69) is 16.0 Å². The molecule has 0 spiro atoms. The van der Waals surface area contributed by atoms with Crippen LogP contribution in [-0.2, 0) is 25.6 Å². The second-order valence-electron chi connectivity index (χ2n) is 15.2. The Morgan fingerprint density at radius 3 is 2.48 bits per heavy atom. The summed E-state index contributed by atoms with van der Waals surface area (Å²) in [7, 11) is 0. The summed E-state index contributed by atoms with van der Waals surface area (Å²) < 4.78 is 58.0. The Bertz CT molecular complexity index is 1890. The molecule has 6 rings (SSSR count). The fourth-order valence-electron chi connectivity index (χ4n) is 7.67. The molecule has 2 fully saturated rings. The van der Waals surface area contributed by atoms with Gasteiger partial charge >= 0.3 is 12.1 Å². The Kier molecular flexibility index (Phi) is 15.0. The fraction of sp³-hybridized carbons (Fsp3) is 0.500. The molecule has 5 amide bonds. The predicted molar refractivity (Wildman–Crippen MR) is 209 cm³/mol. The first-order valence-electron chi connectivity index (χ1n) is 20.1. The number of ether oxygens (including phenoxy) is 2. The summed E-state index contributed by atoms with van der Waals surface area (Å²) in [5.41, 5.74) is 1.10. The lowest BCUT2D eigenvalue weighted by Gasteiger charge is -2.40. The minimum absolute atomic E-state index is 0.0201. The maximum absolute atomic E-state index is 15.3. The number of carbonyl (C=O) groups excluding carboxylic acids is 4. The summed E-state index contributed by atoms with van der Waals surface area (Å²) in [6.45, 7) is 4.05. The minimum atomic E-state index is -1.20. The van der Waals surface area contributed by atoms with Crippen LogP contribution in [0, 0.1) is 23.5 Å². The molecule has 16 heteroatoms. The van der Waals surface area contributed by atoms with E-state index in [4.69, 9.17) is 14.5 Å². The third kappa shape index (κ3) is 11.2. The van der Waals surface area contributed by atoms with Gasteiger partial charge in [-0.05, 0) is 62.3 Å². The number of nitrogens with one attached hydrogen (secondary N) is 3. The quantitative estimate of drug-likeness (QED) is 0.113. The van der Waals surface area contributed by atoms with Crippen LogP contribution in [0.25, 0.3) is 11.3 Å². The van der Waals surface area contributed by atoms with Crippen LogP contribution in [0.3, 0.4) is 0 Å². The molecule has 3 aliphatic rings. The van der Waals surface area contributed by atoms with Crippen molar-refractivity contribution in [1.29, 1.82) is 0 Å². The summed E-state index contributed by atoms with van der Waals surface area (Å²) in [6, 6.07) is 10.9. The number of imidazole rings is 1. The molecule has 2 saturated heterocycles. The Balaban J connectivity index is 1.16. The average molecular weight is 808 g/mol. The molecule has 2 aromatic carbocycles. The van der Waals surface area contributed by atoms with Gasteiger partial charge in [-0.15, -0.1) is 0 Å². The number of amides is 5. The van der Waals surface area contributed by atoms with Gasteiger partial charge in [-0.25, -0.2) is 27.7 Å². The van der Waals surface area contributed by atoms with Gasteiger partial charge < -0.3 is 34.9 Å². The second kappa shape index (κ2) is 20.5. The Labute approximate surface area is 336 Å². The fourth-order valence-corrected chi connectivity index (χ4v) is 7.67. The van der Waals surface area contributed by atoms with E-state index in [1.165, 1.54) is 17.1 Å². The van der Waals surface area contributed by atoms with Gasteiger partial charge in [0.15, 0.2) is 0 Å². The molecular formula is C42H52F3N7O6. The number of imide groups is 1. The number of benzene rings is 2. The van der Waals surface area contributed by atoms with Crippen molar-refractivity contribution >= 4 is 23.9 Å². The molecule has 4 unspecified atom stereocenters. The zero-order valence-corrected chi connectivity index (χ0v) is 32.7. The van der Waals surface area contributed by atoms with Crippen LogP contribution in [0.5, 0.6) is 0 Å². The first kappa shape index (κ1) is 42.4. The Morgan fingerprint density at radius 2 is 1.76 bits per heavy atom. The molecule has 3 aliphatic heterocycles. The van der Waals surface area contributed by atoms with Crippen LogP contribution in [0.4, 0.5) is 22.8 Å². The lowest BCUT2D eigenvalue weighted by molar-refractivity contribution is -0.136. The first-order chi connectivity index (χ1) is 28.1.